The van der Waals surface area contributed by atoms with E-state index < -0.39 is 0 Å². The van der Waals surface area contributed by atoms with Crippen molar-refractivity contribution in [3.05, 3.63) is 65.7 Å². The SMILES string of the molecule is CSc1c(-c2ccc(C)cc2)sc[n+]1-c1ccccc1. The van der Waals surface area contributed by atoms with Crippen LogP contribution in [0.3, 0.4) is 0 Å². The number of benzene rings is 2. The van der Waals surface area contributed by atoms with Crippen LogP contribution in [0, 0.1) is 6.92 Å². The standard InChI is InChI=1S/C17H16NS2/c1-13-8-10-14(11-9-13)16-17(19-2)18(12-20-16)15-6-4-3-5-7-15/h3-12H,1-2H3/q+1. The fourth-order valence-electron chi connectivity index (χ4n) is 2.17. The van der Waals surface area contributed by atoms with Gasteiger partial charge in [0.15, 0.2) is 0 Å². The first kappa shape index (κ1) is 13.4. The second kappa shape index (κ2) is 5.81. The van der Waals surface area contributed by atoms with E-state index in [9.17, 15) is 0 Å². The Morgan fingerprint density at radius 2 is 1.65 bits per heavy atom. The summed E-state index contributed by atoms with van der Waals surface area (Å²) in [6.07, 6.45) is 2.14. The van der Waals surface area contributed by atoms with Crippen molar-refractivity contribution < 1.29 is 4.57 Å². The Morgan fingerprint density at radius 3 is 2.30 bits per heavy atom. The summed E-state index contributed by atoms with van der Waals surface area (Å²) in [7, 11) is 0. The quantitative estimate of drug-likeness (QED) is 0.500. The Bertz CT molecular complexity index is 700. The van der Waals surface area contributed by atoms with Crippen molar-refractivity contribution >= 4 is 23.1 Å². The molecule has 1 nitrogen and oxygen atoms in total. The fourth-order valence-corrected chi connectivity index (χ4v) is 4.20. The third-order valence-electron chi connectivity index (χ3n) is 3.23. The first-order valence-electron chi connectivity index (χ1n) is 6.49. The molecule has 0 N–H and O–H groups in total. The highest BCUT2D eigenvalue weighted by Gasteiger charge is 2.21. The molecule has 3 rings (SSSR count). The van der Waals surface area contributed by atoms with Gasteiger partial charge in [-0.05, 0) is 18.7 Å². The molecule has 0 amide bonds. The van der Waals surface area contributed by atoms with Gasteiger partial charge < -0.3 is 0 Å². The molecule has 1 aromatic heterocycles. The van der Waals surface area contributed by atoms with Crippen molar-refractivity contribution in [1.29, 1.82) is 0 Å². The van der Waals surface area contributed by atoms with Gasteiger partial charge in [0, 0.05) is 12.1 Å². The third-order valence-corrected chi connectivity index (χ3v) is 5.13. The molecule has 0 saturated heterocycles. The molecule has 0 atom stereocenters. The Balaban J connectivity index is 2.10. The highest BCUT2D eigenvalue weighted by molar-refractivity contribution is 7.98. The zero-order valence-corrected chi connectivity index (χ0v) is 13.2. The minimum atomic E-state index is 1.21. The number of aromatic nitrogens is 1. The van der Waals surface area contributed by atoms with Crippen LogP contribution < -0.4 is 4.57 Å². The van der Waals surface area contributed by atoms with Crippen molar-refractivity contribution in [2.45, 2.75) is 11.9 Å². The van der Waals surface area contributed by atoms with Gasteiger partial charge in [-0.15, -0.1) is 4.57 Å². The molecule has 3 aromatic rings. The molecule has 2 aromatic carbocycles. The normalized spacial score (nSPS) is 10.7. The second-order valence-electron chi connectivity index (χ2n) is 4.63. The molecule has 0 unspecified atom stereocenters. The molecule has 0 bridgehead atoms. The maximum Gasteiger partial charge on any atom is 0.264 e. The number of thioether (sulfide) groups is 1. The van der Waals surface area contributed by atoms with Gasteiger partial charge in [-0.1, -0.05) is 71.1 Å². The van der Waals surface area contributed by atoms with Gasteiger partial charge in [-0.25, -0.2) is 0 Å². The predicted octanol–water partition coefficient (Wildman–Crippen LogP) is 4.72. The van der Waals surface area contributed by atoms with Crippen LogP contribution in [0.5, 0.6) is 0 Å². The van der Waals surface area contributed by atoms with Crippen LogP contribution in [-0.2, 0) is 0 Å². The number of hydrogen-bond donors (Lipinski definition) is 0. The minimum absolute atomic E-state index is 1.21. The predicted molar refractivity (Wildman–Crippen MR) is 87.8 cm³/mol. The van der Waals surface area contributed by atoms with Crippen LogP contribution in [0.2, 0.25) is 0 Å². The summed E-state index contributed by atoms with van der Waals surface area (Å²) in [5.74, 6) is 0. The summed E-state index contributed by atoms with van der Waals surface area (Å²) >= 11 is 3.59. The summed E-state index contributed by atoms with van der Waals surface area (Å²) in [5, 5.41) is 1.30. The van der Waals surface area contributed by atoms with E-state index in [2.05, 4.69) is 77.9 Å². The molecule has 0 spiro atoms. The van der Waals surface area contributed by atoms with Crippen molar-refractivity contribution in [3.8, 4) is 16.1 Å². The maximum atomic E-state index is 2.27. The fraction of sp³-hybridized carbons (Fsp3) is 0.118. The molecule has 0 aliphatic rings. The summed E-state index contributed by atoms with van der Waals surface area (Å²) in [6, 6.07) is 19.3. The molecule has 0 aliphatic carbocycles. The van der Waals surface area contributed by atoms with Gasteiger partial charge >= 0.3 is 0 Å². The summed E-state index contributed by atoms with van der Waals surface area (Å²) in [5.41, 5.74) is 5.99. The van der Waals surface area contributed by atoms with Gasteiger partial charge in [0.1, 0.15) is 4.88 Å². The smallest absolute Gasteiger partial charge is 0.144 e. The molecular weight excluding hydrogens is 282 g/mol. The highest BCUT2D eigenvalue weighted by atomic mass is 32.2. The summed E-state index contributed by atoms with van der Waals surface area (Å²) in [4.78, 5) is 1.33. The molecule has 0 fully saturated rings. The lowest BCUT2D eigenvalue weighted by atomic mass is 10.1. The molecule has 0 aliphatic heterocycles. The van der Waals surface area contributed by atoms with E-state index in [0.717, 1.165) is 0 Å². The average Bonchev–Trinajstić information content (AvgIpc) is 2.93. The molecule has 0 saturated carbocycles. The van der Waals surface area contributed by atoms with Crippen molar-refractivity contribution in [2.24, 2.45) is 0 Å². The van der Waals surface area contributed by atoms with Crippen molar-refractivity contribution in [2.75, 3.05) is 6.26 Å². The zero-order valence-electron chi connectivity index (χ0n) is 11.5. The molecule has 100 valence electrons. The van der Waals surface area contributed by atoms with Gasteiger partial charge in [0.25, 0.3) is 5.03 Å². The largest absolute Gasteiger partial charge is 0.264 e. The minimum Gasteiger partial charge on any atom is -0.144 e. The lowest BCUT2D eigenvalue weighted by Gasteiger charge is -2.00. The Kier molecular flexibility index (Phi) is 3.90. The van der Waals surface area contributed by atoms with Gasteiger partial charge in [-0.2, -0.15) is 0 Å². The lowest BCUT2D eigenvalue weighted by Crippen LogP contribution is -2.29. The average molecular weight is 298 g/mol. The number of aryl methyl sites for hydroxylation is 1. The Hall–Kier alpha value is -1.58. The van der Waals surface area contributed by atoms with Crippen LogP contribution in [-0.4, -0.2) is 6.26 Å². The monoisotopic (exact) mass is 298 g/mol. The number of nitrogens with zero attached hydrogens (tertiary/aromatic N) is 1. The van der Waals surface area contributed by atoms with E-state index >= 15 is 0 Å². The molecular formula is C17H16NS2+. The van der Waals surface area contributed by atoms with Crippen molar-refractivity contribution in [3.63, 3.8) is 0 Å². The number of hydrogen-bond acceptors (Lipinski definition) is 2. The van der Waals surface area contributed by atoms with Crippen LogP contribution in [0.1, 0.15) is 5.56 Å². The van der Waals surface area contributed by atoms with Gasteiger partial charge in [-0.3, -0.25) is 0 Å². The van der Waals surface area contributed by atoms with E-state index in [1.807, 2.05) is 0 Å². The maximum absolute atomic E-state index is 2.27. The molecule has 0 radical (unpaired) electrons. The second-order valence-corrected chi connectivity index (χ2v) is 6.28. The first-order chi connectivity index (χ1) is 9.79. The van der Waals surface area contributed by atoms with E-state index in [1.54, 1.807) is 23.1 Å². The highest BCUT2D eigenvalue weighted by Crippen LogP contribution is 2.32. The topological polar surface area (TPSA) is 3.88 Å². The zero-order chi connectivity index (χ0) is 13.9. The van der Waals surface area contributed by atoms with Crippen LogP contribution in [0.15, 0.2) is 65.1 Å². The van der Waals surface area contributed by atoms with Crippen LogP contribution in [0.4, 0.5) is 0 Å². The number of rotatable bonds is 3. The molecule has 3 heteroatoms. The van der Waals surface area contributed by atoms with Crippen LogP contribution >= 0.6 is 23.1 Å². The first-order valence-corrected chi connectivity index (χ1v) is 8.59. The number of para-hydroxylation sites is 1. The van der Waals surface area contributed by atoms with E-state index in [0.29, 0.717) is 0 Å². The van der Waals surface area contributed by atoms with E-state index in [1.165, 1.54) is 26.7 Å². The third kappa shape index (κ3) is 2.51. The number of thiazole rings is 1. The van der Waals surface area contributed by atoms with Crippen LogP contribution in [0.25, 0.3) is 16.1 Å². The van der Waals surface area contributed by atoms with Gasteiger partial charge in [0.05, 0.1) is 0 Å². The Morgan fingerprint density at radius 1 is 0.950 bits per heavy atom. The summed E-state index contributed by atoms with van der Waals surface area (Å²) < 4.78 is 2.27. The van der Waals surface area contributed by atoms with Crippen molar-refractivity contribution in [1.82, 2.24) is 0 Å². The molecule has 20 heavy (non-hydrogen) atoms. The van der Waals surface area contributed by atoms with E-state index in [-0.39, 0.29) is 0 Å². The lowest BCUT2D eigenvalue weighted by molar-refractivity contribution is -0.629. The van der Waals surface area contributed by atoms with E-state index in [4.69, 9.17) is 0 Å². The summed E-state index contributed by atoms with van der Waals surface area (Å²) in [6.45, 7) is 2.12. The Labute approximate surface area is 127 Å². The molecule has 1 heterocycles. The van der Waals surface area contributed by atoms with Gasteiger partial charge in [0.2, 0.25) is 11.2 Å².